The van der Waals surface area contributed by atoms with Gasteiger partial charge in [-0.2, -0.15) is 0 Å². The van der Waals surface area contributed by atoms with Gasteiger partial charge in [-0.25, -0.2) is 0 Å². The zero-order valence-corrected chi connectivity index (χ0v) is 61.2. The van der Waals surface area contributed by atoms with Crippen LogP contribution in [0.4, 0.5) is 0 Å². The minimum atomic E-state index is 1.20. The molecule has 6 rings (SSSR count). The van der Waals surface area contributed by atoms with Gasteiger partial charge in [-0.05, 0) is 196 Å². The molecule has 470 valence electrons. The third-order valence-electron chi connectivity index (χ3n) is 19.1. The standard InChI is InChI=1S/C78H122S6/c1-13-19-25-31-37-43-49-63-56-80-69(58(63)8)75-65(51-45-39-33-27-21-15-3)60(10)71(82-75)77-67(53-47-41-35-29-23-17-5)62(12)73(84-77)78-68(54-48-42-36-30-24-18-6)61(11)72(83-78)76-66(52-46-40-34-28-22-16-4)59(9)70(81-76)74-64(57(7)55-79-74)50-44-38-32-26-20-14-2/h55-56H,13-54H2,1-12H3. The number of hydrogen-bond donors (Lipinski definition) is 0. The van der Waals surface area contributed by atoms with Crippen molar-refractivity contribution >= 4 is 68.0 Å². The summed E-state index contributed by atoms with van der Waals surface area (Å²) >= 11 is 13.0. The maximum Gasteiger partial charge on any atom is 0.0487 e. The molecule has 6 heterocycles. The monoisotopic (exact) mass is 1250 g/mol. The topological polar surface area (TPSA) is 0 Å². The van der Waals surface area contributed by atoms with Gasteiger partial charge >= 0.3 is 0 Å². The smallest absolute Gasteiger partial charge is 0.0487 e. The highest BCUT2D eigenvalue weighted by Crippen LogP contribution is 2.56. The summed E-state index contributed by atoms with van der Waals surface area (Å²) in [4.78, 5) is 16.0. The van der Waals surface area contributed by atoms with Crippen LogP contribution in [0, 0.1) is 41.5 Å². The molecule has 6 aromatic heterocycles. The van der Waals surface area contributed by atoms with Gasteiger partial charge in [0.05, 0.1) is 0 Å². The Morgan fingerprint density at radius 1 is 0.214 bits per heavy atom. The molecule has 0 N–H and O–H groups in total. The normalized spacial score (nSPS) is 11.9. The van der Waals surface area contributed by atoms with Crippen LogP contribution in [0.3, 0.4) is 0 Å². The van der Waals surface area contributed by atoms with Crippen molar-refractivity contribution in [3.8, 4) is 48.8 Å². The van der Waals surface area contributed by atoms with Crippen LogP contribution in [0.2, 0.25) is 0 Å². The number of unbranched alkanes of at least 4 members (excludes halogenated alkanes) is 30. The average molecular weight is 1250 g/mol. The van der Waals surface area contributed by atoms with Gasteiger partial charge < -0.3 is 0 Å². The fraction of sp³-hybridized carbons (Fsp3) is 0.692. The first-order chi connectivity index (χ1) is 41.1. The first kappa shape index (κ1) is 71.3. The van der Waals surface area contributed by atoms with Crippen molar-refractivity contribution in [3.05, 3.63) is 77.5 Å². The Kier molecular flexibility index (Phi) is 34.0. The number of aryl methyl sites for hydroxylation is 2. The largest absolute Gasteiger partial charge is 0.142 e. The van der Waals surface area contributed by atoms with Crippen LogP contribution in [0.25, 0.3) is 48.8 Å². The summed E-state index contributed by atoms with van der Waals surface area (Å²) in [6.07, 6.45) is 55.9. The predicted octanol–water partition coefficient (Wildman–Crippen LogP) is 29.7. The van der Waals surface area contributed by atoms with Crippen LogP contribution in [-0.4, -0.2) is 0 Å². The second kappa shape index (κ2) is 40.0. The van der Waals surface area contributed by atoms with E-state index >= 15 is 0 Å². The second-order valence-electron chi connectivity index (χ2n) is 26.0. The lowest BCUT2D eigenvalue weighted by molar-refractivity contribution is 0.607. The Morgan fingerprint density at radius 2 is 0.452 bits per heavy atom. The molecule has 6 heteroatoms. The van der Waals surface area contributed by atoms with Crippen molar-refractivity contribution < 1.29 is 0 Å². The number of rotatable bonds is 47. The molecule has 0 spiro atoms. The Bertz CT molecular complexity index is 2750. The van der Waals surface area contributed by atoms with Gasteiger partial charge in [0.15, 0.2) is 0 Å². The summed E-state index contributed by atoms with van der Waals surface area (Å²) < 4.78 is 0. The van der Waals surface area contributed by atoms with Crippen molar-refractivity contribution in [1.29, 1.82) is 0 Å². The van der Waals surface area contributed by atoms with Crippen molar-refractivity contribution in [1.82, 2.24) is 0 Å². The molecule has 0 aliphatic rings. The fourth-order valence-corrected chi connectivity index (χ4v) is 22.2. The molecule has 0 nitrogen and oxygen atoms in total. The lowest BCUT2D eigenvalue weighted by atomic mass is 9.95. The summed E-state index contributed by atoms with van der Waals surface area (Å²) in [7, 11) is 0. The van der Waals surface area contributed by atoms with E-state index in [1.807, 2.05) is 11.3 Å². The zero-order chi connectivity index (χ0) is 60.1. The Morgan fingerprint density at radius 3 is 0.762 bits per heavy atom. The van der Waals surface area contributed by atoms with E-state index in [1.54, 1.807) is 110 Å². The van der Waals surface area contributed by atoms with Gasteiger partial charge in [0.2, 0.25) is 0 Å². The number of thiophene rings is 6. The van der Waals surface area contributed by atoms with Gasteiger partial charge in [-0.1, -0.05) is 234 Å². The third kappa shape index (κ3) is 20.6. The van der Waals surface area contributed by atoms with E-state index in [-0.39, 0.29) is 0 Å². The third-order valence-corrected chi connectivity index (χ3v) is 27.5. The second-order valence-corrected chi connectivity index (χ2v) is 31.8. The highest BCUT2D eigenvalue weighted by molar-refractivity contribution is 7.31. The molecular weight excluding hydrogens is 1130 g/mol. The quantitative estimate of drug-likeness (QED) is 0.0334. The molecule has 84 heavy (non-hydrogen) atoms. The molecule has 0 radical (unpaired) electrons. The first-order valence-electron chi connectivity index (χ1n) is 35.7. The fourth-order valence-electron chi connectivity index (χ4n) is 13.4. The molecule has 0 aliphatic carbocycles. The lowest BCUT2D eigenvalue weighted by Crippen LogP contribution is -1.93. The minimum absolute atomic E-state index is 1.20. The summed E-state index contributed by atoms with van der Waals surface area (Å²) in [5.41, 5.74) is 19.5. The molecule has 0 aliphatic heterocycles. The molecule has 0 fully saturated rings. The maximum absolute atomic E-state index is 2.58. The highest BCUT2D eigenvalue weighted by atomic mass is 32.1. The van der Waals surface area contributed by atoms with Gasteiger partial charge in [-0.15, -0.1) is 68.0 Å². The van der Waals surface area contributed by atoms with Crippen LogP contribution < -0.4 is 0 Å². The first-order valence-corrected chi connectivity index (χ1v) is 40.7. The molecule has 0 atom stereocenters. The summed E-state index contributed by atoms with van der Waals surface area (Å²) in [5.74, 6) is 0. The maximum atomic E-state index is 2.58. The van der Waals surface area contributed by atoms with Gasteiger partial charge in [0.25, 0.3) is 0 Å². The van der Waals surface area contributed by atoms with E-state index < -0.39 is 0 Å². The predicted molar refractivity (Wildman–Crippen MR) is 392 cm³/mol. The van der Waals surface area contributed by atoms with E-state index in [9.17, 15) is 0 Å². The average Bonchev–Trinajstić information content (AvgIpc) is 4.32. The van der Waals surface area contributed by atoms with E-state index in [0.29, 0.717) is 0 Å². The number of hydrogen-bond acceptors (Lipinski definition) is 6. The minimum Gasteiger partial charge on any atom is -0.142 e. The van der Waals surface area contributed by atoms with Crippen LogP contribution in [0.1, 0.15) is 339 Å². The summed E-state index contributed by atoms with van der Waals surface area (Å²) in [6, 6.07) is 0. The highest BCUT2D eigenvalue weighted by Gasteiger charge is 2.30. The van der Waals surface area contributed by atoms with Gasteiger partial charge in [0, 0.05) is 48.8 Å². The Hall–Kier alpha value is -1.80. The molecule has 6 aromatic rings. The Balaban J connectivity index is 1.50. The van der Waals surface area contributed by atoms with Crippen molar-refractivity contribution in [2.24, 2.45) is 0 Å². The molecule has 0 aromatic carbocycles. The Labute approximate surface area is 542 Å². The molecule has 0 saturated carbocycles. The van der Waals surface area contributed by atoms with Crippen LogP contribution in [0.5, 0.6) is 0 Å². The molecule has 0 amide bonds. The van der Waals surface area contributed by atoms with Crippen molar-refractivity contribution in [3.63, 3.8) is 0 Å². The zero-order valence-electron chi connectivity index (χ0n) is 56.3. The molecule has 0 saturated heterocycles. The van der Waals surface area contributed by atoms with Crippen LogP contribution >= 0.6 is 68.0 Å². The molecule has 0 bridgehead atoms. The van der Waals surface area contributed by atoms with E-state index in [4.69, 9.17) is 0 Å². The molecule has 0 unspecified atom stereocenters. The lowest BCUT2D eigenvalue weighted by Gasteiger charge is -2.08. The SMILES string of the molecule is CCCCCCCCc1csc(-c2sc(-c3sc(-c4sc(-c5sc(-c6scc(C)c6CCCCCCCC)c(C)c5CCCCCCCC)c(C)c4CCCCCCCC)c(C)c3CCCCCCCC)c(C)c2CCCCCCCC)c1C. The summed E-state index contributed by atoms with van der Waals surface area (Å²) in [6.45, 7) is 29.2. The van der Waals surface area contributed by atoms with E-state index in [1.165, 1.54) is 275 Å². The van der Waals surface area contributed by atoms with Gasteiger partial charge in [-0.3, -0.25) is 0 Å². The van der Waals surface area contributed by atoms with Crippen molar-refractivity contribution in [2.45, 2.75) is 353 Å². The molecular formula is C78H122S6. The van der Waals surface area contributed by atoms with Gasteiger partial charge in [0.1, 0.15) is 0 Å². The summed E-state index contributed by atoms with van der Waals surface area (Å²) in [5, 5.41) is 5.06. The van der Waals surface area contributed by atoms with Crippen molar-refractivity contribution in [2.75, 3.05) is 0 Å². The van der Waals surface area contributed by atoms with E-state index in [0.717, 1.165) is 0 Å². The van der Waals surface area contributed by atoms with E-state index in [2.05, 4.69) is 151 Å². The van der Waals surface area contributed by atoms with Crippen LogP contribution in [0.15, 0.2) is 10.8 Å². The van der Waals surface area contributed by atoms with Crippen LogP contribution in [-0.2, 0) is 38.5 Å².